The van der Waals surface area contributed by atoms with Crippen molar-refractivity contribution in [3.8, 4) is 0 Å². The number of carboxylic acid groups (broad SMARTS) is 1. The number of benzene rings is 1. The van der Waals surface area contributed by atoms with Crippen LogP contribution in [0.5, 0.6) is 0 Å². The first kappa shape index (κ1) is 14.4. The highest BCUT2D eigenvalue weighted by molar-refractivity contribution is 9.10. The Kier molecular flexibility index (Phi) is 4.14. The molecule has 3 rings (SSSR count). The first-order valence-corrected chi connectivity index (χ1v) is 8.02. The molecule has 1 saturated carbocycles. The zero-order valence-corrected chi connectivity index (χ0v) is 13.2. The second kappa shape index (κ2) is 6.05. The fourth-order valence-electron chi connectivity index (χ4n) is 3.04. The Morgan fingerprint density at radius 2 is 2.14 bits per heavy atom. The van der Waals surface area contributed by atoms with E-state index in [-0.39, 0.29) is 0 Å². The summed E-state index contributed by atoms with van der Waals surface area (Å²) in [5.74, 6) is 0.455. The number of rotatable bonds is 3. The third kappa shape index (κ3) is 3.37. The fourth-order valence-corrected chi connectivity index (χ4v) is 3.39. The summed E-state index contributed by atoms with van der Waals surface area (Å²) in [4.78, 5) is 10.5. The number of aromatic nitrogens is 2. The first-order valence-electron chi connectivity index (χ1n) is 7.23. The number of amides is 1. The van der Waals surface area contributed by atoms with Gasteiger partial charge in [0.1, 0.15) is 0 Å². The highest BCUT2D eigenvalue weighted by atomic mass is 79.9. The quantitative estimate of drug-likeness (QED) is 0.883. The molecule has 5 nitrogen and oxygen atoms in total. The van der Waals surface area contributed by atoms with Crippen LogP contribution in [0, 0.1) is 5.92 Å². The normalized spacial score (nSPS) is 22.3. The molecule has 0 atom stereocenters. The van der Waals surface area contributed by atoms with Crippen LogP contribution in [0.1, 0.15) is 31.7 Å². The molecular formula is C15H18BrN3O2. The maximum atomic E-state index is 10.5. The number of carbonyl (C=O) groups is 1. The van der Waals surface area contributed by atoms with E-state index in [0.717, 1.165) is 41.1 Å². The average Bonchev–Trinajstić information content (AvgIpc) is 2.88. The van der Waals surface area contributed by atoms with Crippen LogP contribution in [0.4, 0.5) is 4.79 Å². The van der Waals surface area contributed by atoms with E-state index in [9.17, 15) is 4.79 Å². The van der Waals surface area contributed by atoms with E-state index in [4.69, 9.17) is 5.11 Å². The van der Waals surface area contributed by atoms with E-state index >= 15 is 0 Å². The standard InChI is InChI=1S/C15H18BrN3O2/c16-12-4-3-11-9-19(18-14(11)7-12)13-5-1-10(2-6-13)8-17-15(20)21/h3-4,7,9-10,13,17H,1-2,5-6,8H2,(H,20,21)/t10-,13-. The van der Waals surface area contributed by atoms with E-state index < -0.39 is 6.09 Å². The minimum atomic E-state index is -0.930. The molecule has 1 aromatic carbocycles. The lowest BCUT2D eigenvalue weighted by atomic mass is 9.86. The molecule has 1 heterocycles. The lowest BCUT2D eigenvalue weighted by Gasteiger charge is -2.28. The lowest BCUT2D eigenvalue weighted by Crippen LogP contribution is -2.30. The molecule has 1 aromatic heterocycles. The van der Waals surface area contributed by atoms with Crippen LogP contribution in [-0.2, 0) is 0 Å². The number of nitrogens with one attached hydrogen (secondary N) is 1. The predicted molar refractivity (Wildman–Crippen MR) is 84.5 cm³/mol. The van der Waals surface area contributed by atoms with Gasteiger partial charge in [-0.2, -0.15) is 5.10 Å². The van der Waals surface area contributed by atoms with E-state index in [0.29, 0.717) is 18.5 Å². The van der Waals surface area contributed by atoms with Crippen LogP contribution < -0.4 is 5.32 Å². The third-order valence-corrected chi connectivity index (χ3v) is 4.71. The van der Waals surface area contributed by atoms with Crippen LogP contribution in [0.3, 0.4) is 0 Å². The predicted octanol–water partition coefficient (Wildman–Crippen LogP) is 3.80. The molecule has 0 spiro atoms. The van der Waals surface area contributed by atoms with Crippen molar-refractivity contribution in [3.63, 3.8) is 0 Å². The van der Waals surface area contributed by atoms with Crippen molar-refractivity contribution in [2.75, 3.05) is 6.54 Å². The van der Waals surface area contributed by atoms with Crippen molar-refractivity contribution in [3.05, 3.63) is 28.9 Å². The SMILES string of the molecule is O=C(O)NC[C@H]1CC[C@H](n2cc3ccc(Br)cc3n2)CC1. The zero-order valence-electron chi connectivity index (χ0n) is 11.6. The van der Waals surface area contributed by atoms with Crippen molar-refractivity contribution < 1.29 is 9.90 Å². The molecular weight excluding hydrogens is 334 g/mol. The van der Waals surface area contributed by atoms with Gasteiger partial charge in [0, 0.05) is 22.6 Å². The Bertz CT molecular complexity index is 647. The van der Waals surface area contributed by atoms with Gasteiger partial charge in [0.15, 0.2) is 0 Å². The molecule has 2 N–H and O–H groups in total. The minimum Gasteiger partial charge on any atom is -0.465 e. The molecule has 0 bridgehead atoms. The van der Waals surface area contributed by atoms with Gasteiger partial charge in [-0.1, -0.05) is 22.0 Å². The number of hydrogen-bond donors (Lipinski definition) is 2. The molecule has 0 unspecified atom stereocenters. The number of halogens is 1. The molecule has 1 aliphatic rings. The molecule has 1 fully saturated rings. The molecule has 2 aromatic rings. The monoisotopic (exact) mass is 351 g/mol. The Balaban J connectivity index is 1.64. The second-order valence-electron chi connectivity index (χ2n) is 5.67. The van der Waals surface area contributed by atoms with E-state index in [2.05, 4.69) is 43.3 Å². The third-order valence-electron chi connectivity index (χ3n) is 4.22. The van der Waals surface area contributed by atoms with E-state index in [1.54, 1.807) is 0 Å². The van der Waals surface area contributed by atoms with Crippen molar-refractivity contribution in [2.24, 2.45) is 5.92 Å². The van der Waals surface area contributed by atoms with Crippen LogP contribution in [0.25, 0.3) is 10.9 Å². The number of hydrogen-bond acceptors (Lipinski definition) is 2. The van der Waals surface area contributed by atoms with Crippen LogP contribution >= 0.6 is 15.9 Å². The van der Waals surface area contributed by atoms with Crippen molar-refractivity contribution in [2.45, 2.75) is 31.7 Å². The largest absolute Gasteiger partial charge is 0.465 e. The second-order valence-corrected chi connectivity index (χ2v) is 6.59. The molecule has 21 heavy (non-hydrogen) atoms. The molecule has 6 heteroatoms. The number of nitrogens with zero attached hydrogens (tertiary/aromatic N) is 2. The van der Waals surface area contributed by atoms with Crippen molar-refractivity contribution in [1.29, 1.82) is 0 Å². The average molecular weight is 352 g/mol. The van der Waals surface area contributed by atoms with Crippen LogP contribution in [-0.4, -0.2) is 27.5 Å². The molecule has 1 aliphatic carbocycles. The lowest BCUT2D eigenvalue weighted by molar-refractivity contribution is 0.187. The van der Waals surface area contributed by atoms with Gasteiger partial charge in [-0.25, -0.2) is 4.79 Å². The van der Waals surface area contributed by atoms with Gasteiger partial charge in [0.05, 0.1) is 11.6 Å². The maximum Gasteiger partial charge on any atom is 0.404 e. The summed E-state index contributed by atoms with van der Waals surface area (Å²) in [5, 5.41) is 17.0. The Labute approximate surface area is 131 Å². The Morgan fingerprint density at radius 3 is 2.86 bits per heavy atom. The van der Waals surface area contributed by atoms with Crippen molar-refractivity contribution >= 4 is 32.9 Å². The van der Waals surface area contributed by atoms with Crippen LogP contribution in [0.2, 0.25) is 0 Å². The summed E-state index contributed by atoms with van der Waals surface area (Å²) in [5.41, 5.74) is 1.01. The summed E-state index contributed by atoms with van der Waals surface area (Å²) >= 11 is 3.47. The van der Waals surface area contributed by atoms with Gasteiger partial charge in [-0.3, -0.25) is 4.68 Å². The Hall–Kier alpha value is -1.56. The highest BCUT2D eigenvalue weighted by Gasteiger charge is 2.23. The number of fused-ring (bicyclic) bond motifs is 1. The van der Waals surface area contributed by atoms with E-state index in [1.807, 2.05) is 12.1 Å². The van der Waals surface area contributed by atoms with Crippen LogP contribution in [0.15, 0.2) is 28.9 Å². The smallest absolute Gasteiger partial charge is 0.404 e. The zero-order chi connectivity index (χ0) is 14.8. The summed E-state index contributed by atoms with van der Waals surface area (Å²) in [6, 6.07) is 6.57. The summed E-state index contributed by atoms with van der Waals surface area (Å²) in [6.07, 6.45) is 5.39. The maximum absolute atomic E-state index is 10.5. The topological polar surface area (TPSA) is 67.2 Å². The van der Waals surface area contributed by atoms with Gasteiger partial charge in [-0.05, 0) is 43.7 Å². The van der Waals surface area contributed by atoms with Gasteiger partial charge in [-0.15, -0.1) is 0 Å². The molecule has 112 valence electrons. The molecule has 0 radical (unpaired) electrons. The molecule has 1 amide bonds. The molecule has 0 aliphatic heterocycles. The van der Waals surface area contributed by atoms with Crippen molar-refractivity contribution in [1.82, 2.24) is 15.1 Å². The summed E-state index contributed by atoms with van der Waals surface area (Å²) < 4.78 is 3.13. The highest BCUT2D eigenvalue weighted by Crippen LogP contribution is 2.32. The van der Waals surface area contributed by atoms with Gasteiger partial charge in [0.2, 0.25) is 0 Å². The first-order chi connectivity index (χ1) is 10.1. The summed E-state index contributed by atoms with van der Waals surface area (Å²) in [7, 11) is 0. The Morgan fingerprint density at radius 1 is 1.38 bits per heavy atom. The molecule has 0 saturated heterocycles. The fraction of sp³-hybridized carbons (Fsp3) is 0.467. The minimum absolute atomic E-state index is 0.428. The van der Waals surface area contributed by atoms with Gasteiger partial charge < -0.3 is 10.4 Å². The van der Waals surface area contributed by atoms with Gasteiger partial charge >= 0.3 is 6.09 Å². The van der Waals surface area contributed by atoms with Gasteiger partial charge in [0.25, 0.3) is 0 Å². The van der Waals surface area contributed by atoms with E-state index in [1.165, 1.54) is 0 Å². The summed E-state index contributed by atoms with van der Waals surface area (Å²) in [6.45, 7) is 0.566.